The summed E-state index contributed by atoms with van der Waals surface area (Å²) in [6.45, 7) is 2.54. The second-order valence-corrected chi connectivity index (χ2v) is 9.02. The quantitative estimate of drug-likeness (QED) is 0.167. The van der Waals surface area contributed by atoms with Gasteiger partial charge in [-0.2, -0.15) is 5.10 Å². The van der Waals surface area contributed by atoms with E-state index in [0.717, 1.165) is 22.6 Å². The van der Waals surface area contributed by atoms with Crippen molar-refractivity contribution < 1.29 is 9.53 Å². The molecular weight excluding hydrogens is 505 g/mol. The monoisotopic (exact) mass is 525 g/mol. The summed E-state index contributed by atoms with van der Waals surface area (Å²) in [4.78, 5) is 12.4. The van der Waals surface area contributed by atoms with Crippen molar-refractivity contribution in [1.82, 2.24) is 20.2 Å². The first-order valence-corrected chi connectivity index (χ1v) is 12.4. The largest absolute Gasteiger partial charge is 0.494 e. The van der Waals surface area contributed by atoms with Crippen molar-refractivity contribution in [3.05, 3.63) is 88.4 Å². The Bertz CT molecular complexity index is 1310. The average molecular weight is 526 g/mol. The fourth-order valence-corrected chi connectivity index (χ4v) is 4.13. The van der Waals surface area contributed by atoms with Crippen molar-refractivity contribution in [1.29, 1.82) is 0 Å². The summed E-state index contributed by atoms with van der Waals surface area (Å²) in [6.07, 6.45) is 1.58. The van der Waals surface area contributed by atoms with Crippen LogP contribution in [0, 0.1) is 0 Å². The van der Waals surface area contributed by atoms with Crippen LogP contribution in [-0.4, -0.2) is 39.2 Å². The highest BCUT2D eigenvalue weighted by molar-refractivity contribution is 7.99. The van der Waals surface area contributed by atoms with Crippen LogP contribution in [0.1, 0.15) is 12.5 Å². The van der Waals surface area contributed by atoms with Gasteiger partial charge in [-0.3, -0.25) is 9.36 Å². The summed E-state index contributed by atoms with van der Waals surface area (Å²) < 4.78 is 7.29. The van der Waals surface area contributed by atoms with Crippen LogP contribution in [0.4, 0.5) is 0 Å². The molecule has 4 aromatic rings. The summed E-state index contributed by atoms with van der Waals surface area (Å²) in [6, 6.07) is 22.1. The normalized spacial score (nSPS) is 11.1. The third-order valence-corrected chi connectivity index (χ3v) is 6.18. The van der Waals surface area contributed by atoms with E-state index in [2.05, 4.69) is 20.7 Å². The Morgan fingerprint density at radius 1 is 1.00 bits per heavy atom. The molecule has 0 aliphatic heterocycles. The topological polar surface area (TPSA) is 81.4 Å². The fourth-order valence-electron chi connectivity index (χ4n) is 3.13. The molecule has 0 spiro atoms. The lowest BCUT2D eigenvalue weighted by Crippen LogP contribution is -2.20. The molecule has 0 fully saturated rings. The molecule has 0 saturated carbocycles. The Morgan fingerprint density at radius 3 is 2.31 bits per heavy atom. The number of rotatable bonds is 9. The second kappa shape index (κ2) is 11.9. The highest BCUT2D eigenvalue weighted by Crippen LogP contribution is 2.29. The van der Waals surface area contributed by atoms with E-state index >= 15 is 0 Å². The van der Waals surface area contributed by atoms with E-state index in [4.69, 9.17) is 27.9 Å². The minimum atomic E-state index is -0.268. The van der Waals surface area contributed by atoms with Crippen molar-refractivity contribution >= 4 is 47.1 Å². The Hall–Kier alpha value is -3.33. The Morgan fingerprint density at radius 2 is 1.66 bits per heavy atom. The number of ether oxygens (including phenoxy) is 1. The first-order chi connectivity index (χ1) is 17.0. The number of carbonyl (C=O) groups is 1. The van der Waals surface area contributed by atoms with Crippen LogP contribution in [0.3, 0.4) is 0 Å². The molecule has 0 aliphatic carbocycles. The fraction of sp³-hybridized carbons (Fsp3) is 0.120. The van der Waals surface area contributed by atoms with E-state index in [1.165, 1.54) is 11.8 Å². The van der Waals surface area contributed by atoms with Gasteiger partial charge in [0.15, 0.2) is 11.0 Å². The van der Waals surface area contributed by atoms with Gasteiger partial charge in [0.05, 0.1) is 18.6 Å². The molecule has 10 heteroatoms. The van der Waals surface area contributed by atoms with Gasteiger partial charge in [0.25, 0.3) is 5.91 Å². The SMILES string of the molecule is CCOc1ccc(/C=N\NC(=O)CSc2nnc(-c3ccc(Cl)cc3)n2-c2ccc(Cl)cc2)cc1. The molecule has 7 nitrogen and oxygen atoms in total. The third kappa shape index (κ3) is 6.63. The van der Waals surface area contributed by atoms with Crippen molar-refractivity contribution in [2.75, 3.05) is 12.4 Å². The molecule has 1 aromatic heterocycles. The number of benzene rings is 3. The predicted molar refractivity (Wildman–Crippen MR) is 141 cm³/mol. The van der Waals surface area contributed by atoms with Gasteiger partial charge in [-0.1, -0.05) is 35.0 Å². The van der Waals surface area contributed by atoms with E-state index in [0.29, 0.717) is 27.6 Å². The van der Waals surface area contributed by atoms with Gasteiger partial charge in [-0.15, -0.1) is 10.2 Å². The lowest BCUT2D eigenvalue weighted by atomic mass is 10.2. The maximum absolute atomic E-state index is 12.4. The Balaban J connectivity index is 1.46. The van der Waals surface area contributed by atoms with Gasteiger partial charge in [0, 0.05) is 21.3 Å². The molecule has 178 valence electrons. The van der Waals surface area contributed by atoms with E-state index in [1.54, 1.807) is 30.5 Å². The van der Waals surface area contributed by atoms with Gasteiger partial charge >= 0.3 is 0 Å². The number of nitrogens with one attached hydrogen (secondary N) is 1. The van der Waals surface area contributed by atoms with Gasteiger partial charge in [-0.25, -0.2) is 5.43 Å². The number of carbonyl (C=O) groups excluding carboxylic acids is 1. The molecule has 1 heterocycles. The number of hydrogen-bond acceptors (Lipinski definition) is 6. The second-order valence-electron chi connectivity index (χ2n) is 7.21. The molecule has 3 aromatic carbocycles. The highest BCUT2D eigenvalue weighted by Gasteiger charge is 2.17. The molecule has 35 heavy (non-hydrogen) atoms. The summed E-state index contributed by atoms with van der Waals surface area (Å²) in [5.41, 5.74) is 5.05. The maximum Gasteiger partial charge on any atom is 0.250 e. The van der Waals surface area contributed by atoms with Gasteiger partial charge < -0.3 is 4.74 Å². The molecule has 1 N–H and O–H groups in total. The van der Waals surface area contributed by atoms with Crippen LogP contribution in [0.5, 0.6) is 5.75 Å². The zero-order valence-corrected chi connectivity index (χ0v) is 21.0. The summed E-state index contributed by atoms with van der Waals surface area (Å²) >= 11 is 13.4. The first kappa shape index (κ1) is 24.8. The van der Waals surface area contributed by atoms with Crippen molar-refractivity contribution in [2.45, 2.75) is 12.1 Å². The number of halogens is 2. The van der Waals surface area contributed by atoms with Crippen molar-refractivity contribution in [3.63, 3.8) is 0 Å². The van der Waals surface area contributed by atoms with Gasteiger partial charge in [0.1, 0.15) is 5.75 Å². The molecule has 4 rings (SSSR count). The zero-order valence-electron chi connectivity index (χ0n) is 18.7. The molecule has 0 bridgehead atoms. The lowest BCUT2D eigenvalue weighted by molar-refractivity contribution is -0.118. The standard InChI is InChI=1S/C25H21Cl2N5O2S/c1-2-34-22-13-3-17(4-14-22)15-28-29-23(33)16-35-25-31-30-24(18-5-7-19(26)8-6-18)32(25)21-11-9-20(27)10-12-21/h3-15H,2,16H2,1H3,(H,29,33)/b28-15-. The summed E-state index contributed by atoms with van der Waals surface area (Å²) in [5, 5.41) is 14.5. The van der Waals surface area contributed by atoms with E-state index in [-0.39, 0.29) is 11.7 Å². The molecule has 1 amide bonds. The number of hydrogen-bond donors (Lipinski definition) is 1. The minimum absolute atomic E-state index is 0.104. The van der Waals surface area contributed by atoms with Crippen LogP contribution < -0.4 is 10.2 Å². The van der Waals surface area contributed by atoms with Crippen molar-refractivity contribution in [2.24, 2.45) is 5.10 Å². The molecule has 0 saturated heterocycles. The zero-order chi connectivity index (χ0) is 24.6. The number of amides is 1. The highest BCUT2D eigenvalue weighted by atomic mass is 35.5. The predicted octanol–water partition coefficient (Wildman–Crippen LogP) is 5.88. The smallest absolute Gasteiger partial charge is 0.250 e. The van der Waals surface area contributed by atoms with Crippen LogP contribution >= 0.6 is 35.0 Å². The molecular formula is C25H21Cl2N5O2S. The average Bonchev–Trinajstić information content (AvgIpc) is 3.29. The number of thioether (sulfide) groups is 1. The third-order valence-electron chi connectivity index (χ3n) is 4.75. The number of hydrazone groups is 1. The first-order valence-electron chi connectivity index (χ1n) is 10.7. The number of nitrogens with zero attached hydrogens (tertiary/aromatic N) is 4. The van der Waals surface area contributed by atoms with E-state index in [9.17, 15) is 4.79 Å². The summed E-state index contributed by atoms with van der Waals surface area (Å²) in [7, 11) is 0. The van der Waals surface area contributed by atoms with Crippen LogP contribution in [0.2, 0.25) is 10.0 Å². The Labute approximate surface area is 217 Å². The van der Waals surface area contributed by atoms with Crippen LogP contribution in [0.15, 0.2) is 83.1 Å². The van der Waals surface area contributed by atoms with Gasteiger partial charge in [-0.05, 0) is 85.3 Å². The van der Waals surface area contributed by atoms with Gasteiger partial charge in [0.2, 0.25) is 0 Å². The molecule has 0 unspecified atom stereocenters. The molecule has 0 aliphatic rings. The van der Waals surface area contributed by atoms with Crippen LogP contribution in [0.25, 0.3) is 17.1 Å². The maximum atomic E-state index is 12.4. The summed E-state index contributed by atoms with van der Waals surface area (Å²) in [5.74, 6) is 1.25. The molecule has 0 atom stereocenters. The van der Waals surface area contributed by atoms with E-state index in [1.807, 2.05) is 60.0 Å². The Kier molecular flexibility index (Phi) is 8.41. The van der Waals surface area contributed by atoms with E-state index < -0.39 is 0 Å². The van der Waals surface area contributed by atoms with Crippen molar-refractivity contribution in [3.8, 4) is 22.8 Å². The van der Waals surface area contributed by atoms with Crippen LogP contribution in [-0.2, 0) is 4.79 Å². The molecule has 0 radical (unpaired) electrons. The number of aromatic nitrogens is 3. The lowest BCUT2D eigenvalue weighted by Gasteiger charge is -2.10. The minimum Gasteiger partial charge on any atom is -0.494 e.